The zero-order valence-corrected chi connectivity index (χ0v) is 7.95. The number of aliphatic hydroxyl groups excluding tert-OH is 1. The molecular weight excluding hydrogens is 206 g/mol. The summed E-state index contributed by atoms with van der Waals surface area (Å²) < 4.78 is 27.7. The molecule has 1 aliphatic heterocycles. The van der Waals surface area contributed by atoms with Crippen molar-refractivity contribution in [1.29, 1.82) is 0 Å². The van der Waals surface area contributed by atoms with Gasteiger partial charge in [-0.3, -0.25) is 4.72 Å². The van der Waals surface area contributed by atoms with Crippen LogP contribution < -0.4 is 10.5 Å². The first-order valence-corrected chi connectivity index (χ1v) is 5.40. The molecule has 4 N–H and O–H groups in total. The molecule has 1 unspecified atom stereocenters. The van der Waals surface area contributed by atoms with Crippen molar-refractivity contribution in [3.05, 3.63) is 23.4 Å². The highest BCUT2D eigenvalue weighted by Gasteiger charge is 2.25. The van der Waals surface area contributed by atoms with Gasteiger partial charge in [0, 0.05) is 17.7 Å². The Morgan fingerprint density at radius 3 is 3.07 bits per heavy atom. The van der Waals surface area contributed by atoms with Gasteiger partial charge in [-0.15, -0.1) is 4.40 Å². The number of hydrogen-bond donors (Lipinski definition) is 3. The van der Waals surface area contributed by atoms with Crippen LogP contribution in [0.25, 0.3) is 0 Å². The summed E-state index contributed by atoms with van der Waals surface area (Å²) in [5, 5.41) is 9.27. The smallest absolute Gasteiger partial charge is 0.344 e. The Hall–Kier alpha value is -1.34. The van der Waals surface area contributed by atoms with E-state index in [0.717, 1.165) is 0 Å². The number of aliphatic hydroxyl groups is 1. The minimum Gasteiger partial charge on any atom is -0.389 e. The van der Waals surface area contributed by atoms with Crippen molar-refractivity contribution < 1.29 is 13.5 Å². The predicted octanol–water partition coefficient (Wildman–Crippen LogP) is -1.23. The molecule has 76 valence electrons. The molecule has 0 spiro atoms. The maximum Gasteiger partial charge on any atom is 0.344 e. The van der Waals surface area contributed by atoms with Crippen LogP contribution in [0.2, 0.25) is 0 Å². The van der Waals surface area contributed by atoms with Gasteiger partial charge in [-0.1, -0.05) is 12.2 Å². The van der Waals surface area contributed by atoms with Gasteiger partial charge in [0.05, 0.1) is 6.10 Å². The average molecular weight is 215 g/mol. The highest BCUT2D eigenvalue weighted by atomic mass is 32.2. The zero-order chi connectivity index (χ0) is 10.3. The van der Waals surface area contributed by atoms with Gasteiger partial charge in [0.1, 0.15) is 5.84 Å². The van der Waals surface area contributed by atoms with E-state index >= 15 is 0 Å². The second-order valence-electron chi connectivity index (χ2n) is 3.08. The lowest BCUT2D eigenvalue weighted by Crippen LogP contribution is -2.35. The van der Waals surface area contributed by atoms with Crippen molar-refractivity contribution in [2.24, 2.45) is 10.1 Å². The second-order valence-corrected chi connectivity index (χ2v) is 4.41. The van der Waals surface area contributed by atoms with Crippen LogP contribution in [0.15, 0.2) is 27.8 Å². The van der Waals surface area contributed by atoms with Crippen LogP contribution in [-0.2, 0) is 10.2 Å². The van der Waals surface area contributed by atoms with Crippen LogP contribution in [0.1, 0.15) is 6.42 Å². The van der Waals surface area contributed by atoms with Crippen molar-refractivity contribution in [2.75, 3.05) is 0 Å². The molecule has 0 saturated carbocycles. The van der Waals surface area contributed by atoms with E-state index in [9.17, 15) is 13.5 Å². The Morgan fingerprint density at radius 1 is 1.64 bits per heavy atom. The molecule has 0 aromatic carbocycles. The SMILES string of the molecule is NC1=NS(=O)(=O)NC2=C1C=CC(O)C2. The molecule has 0 radical (unpaired) electrons. The minimum atomic E-state index is -3.72. The quantitative estimate of drug-likeness (QED) is 0.470. The van der Waals surface area contributed by atoms with Crippen molar-refractivity contribution in [1.82, 2.24) is 4.72 Å². The normalized spacial score (nSPS) is 29.2. The second kappa shape index (κ2) is 2.82. The number of rotatable bonds is 0. The van der Waals surface area contributed by atoms with E-state index in [1.807, 2.05) is 0 Å². The van der Waals surface area contributed by atoms with Crippen LogP contribution in [-0.4, -0.2) is 25.5 Å². The Morgan fingerprint density at radius 2 is 2.36 bits per heavy atom. The molecule has 0 amide bonds. The van der Waals surface area contributed by atoms with Crippen molar-refractivity contribution in [2.45, 2.75) is 12.5 Å². The Kier molecular flexibility index (Phi) is 1.86. The van der Waals surface area contributed by atoms with Crippen LogP contribution >= 0.6 is 0 Å². The predicted molar refractivity (Wildman–Crippen MR) is 50.5 cm³/mol. The highest BCUT2D eigenvalue weighted by Crippen LogP contribution is 2.21. The molecule has 0 aromatic heterocycles. The molecule has 7 heteroatoms. The summed E-state index contributed by atoms with van der Waals surface area (Å²) in [6.07, 6.45) is 2.63. The van der Waals surface area contributed by atoms with E-state index in [1.165, 1.54) is 0 Å². The summed E-state index contributed by atoms with van der Waals surface area (Å²) in [5.41, 5.74) is 6.38. The van der Waals surface area contributed by atoms with Crippen LogP contribution in [0.3, 0.4) is 0 Å². The van der Waals surface area contributed by atoms with Gasteiger partial charge in [-0.25, -0.2) is 0 Å². The molecule has 0 bridgehead atoms. The maximum atomic E-state index is 11.1. The van der Waals surface area contributed by atoms with E-state index < -0.39 is 16.3 Å². The van der Waals surface area contributed by atoms with Gasteiger partial charge < -0.3 is 10.8 Å². The number of nitrogens with one attached hydrogen (secondary N) is 1. The molecule has 0 fully saturated rings. The maximum absolute atomic E-state index is 11.1. The van der Waals surface area contributed by atoms with Crippen molar-refractivity contribution in [3.63, 3.8) is 0 Å². The van der Waals surface area contributed by atoms with Gasteiger partial charge in [0.25, 0.3) is 0 Å². The summed E-state index contributed by atoms with van der Waals surface area (Å²) in [4.78, 5) is 0. The first-order valence-electron chi connectivity index (χ1n) is 3.96. The monoisotopic (exact) mass is 215 g/mol. The van der Waals surface area contributed by atoms with Gasteiger partial charge in [0.15, 0.2) is 0 Å². The third kappa shape index (κ3) is 1.51. The minimum absolute atomic E-state index is 0.0399. The fraction of sp³-hybridized carbons (Fsp3) is 0.286. The van der Waals surface area contributed by atoms with Crippen molar-refractivity contribution in [3.8, 4) is 0 Å². The molecule has 6 nitrogen and oxygen atoms in total. The standard InChI is InChI=1S/C7H9N3O3S/c8-7-5-2-1-4(11)3-6(5)9-14(12,13)10-7/h1-2,4,9,11H,3H2,(H2,8,10). The molecule has 1 aliphatic carbocycles. The molecule has 0 aromatic rings. The number of amidine groups is 1. The van der Waals surface area contributed by atoms with E-state index in [1.54, 1.807) is 12.2 Å². The van der Waals surface area contributed by atoms with Crippen molar-refractivity contribution >= 4 is 16.0 Å². The Bertz CT molecular complexity index is 461. The Labute approximate surface area is 81.0 Å². The van der Waals surface area contributed by atoms with Gasteiger partial charge in [0.2, 0.25) is 0 Å². The third-order valence-electron chi connectivity index (χ3n) is 1.97. The average Bonchev–Trinajstić information content (AvgIpc) is 2.00. The summed E-state index contributed by atoms with van der Waals surface area (Å²) in [6, 6.07) is 0. The lowest BCUT2D eigenvalue weighted by Gasteiger charge is -2.22. The highest BCUT2D eigenvalue weighted by molar-refractivity contribution is 7.88. The lowest BCUT2D eigenvalue weighted by molar-refractivity contribution is 0.220. The van der Waals surface area contributed by atoms with Crippen LogP contribution in [0.5, 0.6) is 0 Å². The molecule has 14 heavy (non-hydrogen) atoms. The zero-order valence-electron chi connectivity index (χ0n) is 7.14. The fourth-order valence-corrected chi connectivity index (χ4v) is 2.30. The van der Waals surface area contributed by atoms with Gasteiger partial charge in [-0.05, 0) is 0 Å². The van der Waals surface area contributed by atoms with E-state index in [2.05, 4.69) is 9.12 Å². The lowest BCUT2D eigenvalue weighted by atomic mass is 10.0. The number of hydrogen-bond acceptors (Lipinski definition) is 4. The van der Waals surface area contributed by atoms with Crippen LogP contribution in [0, 0.1) is 0 Å². The van der Waals surface area contributed by atoms with E-state index in [-0.39, 0.29) is 12.3 Å². The molecule has 0 saturated heterocycles. The van der Waals surface area contributed by atoms with Crippen LogP contribution in [0.4, 0.5) is 0 Å². The number of nitrogens with zero attached hydrogens (tertiary/aromatic N) is 1. The molecule has 2 aliphatic rings. The summed E-state index contributed by atoms with van der Waals surface area (Å²) >= 11 is 0. The largest absolute Gasteiger partial charge is 0.389 e. The molecule has 1 heterocycles. The molecule has 1 atom stereocenters. The first kappa shape index (κ1) is 9.22. The summed E-state index contributed by atoms with van der Waals surface area (Å²) in [6.45, 7) is 0. The Balaban J connectivity index is 2.47. The summed E-state index contributed by atoms with van der Waals surface area (Å²) in [7, 11) is -3.72. The van der Waals surface area contributed by atoms with E-state index in [4.69, 9.17) is 5.73 Å². The van der Waals surface area contributed by atoms with Gasteiger partial charge in [-0.2, -0.15) is 8.42 Å². The topological polar surface area (TPSA) is 105 Å². The number of nitrogens with two attached hydrogens (primary N) is 1. The fourth-order valence-electron chi connectivity index (χ4n) is 1.39. The van der Waals surface area contributed by atoms with E-state index in [0.29, 0.717) is 11.3 Å². The third-order valence-corrected chi connectivity index (χ3v) is 2.91. The van der Waals surface area contributed by atoms with Gasteiger partial charge >= 0.3 is 10.2 Å². The molecular formula is C7H9N3O3S. The summed E-state index contributed by atoms with van der Waals surface area (Å²) in [5.74, 6) is -0.0399. The molecule has 2 rings (SSSR count). The first-order chi connectivity index (χ1) is 6.48.